The number of rotatable bonds is 8. The highest BCUT2D eigenvalue weighted by molar-refractivity contribution is 7.87. The van der Waals surface area contributed by atoms with Crippen LogP contribution in [0.5, 0.6) is 0 Å². The molecule has 0 aromatic rings. The Balaban J connectivity index is 5.35. The van der Waals surface area contributed by atoms with Gasteiger partial charge in [-0.25, -0.2) is 4.39 Å². The van der Waals surface area contributed by atoms with Crippen molar-refractivity contribution in [1.82, 2.24) is 0 Å². The number of hydrogen-bond donors (Lipinski definition) is 1. The second kappa shape index (κ2) is 6.04. The summed E-state index contributed by atoms with van der Waals surface area (Å²) in [5.41, 5.74) is 0. The first kappa shape index (κ1) is 19.4. The van der Waals surface area contributed by atoms with Crippen LogP contribution in [0.2, 0.25) is 0 Å². The molecule has 11 heteroatoms. The molecular weight excluding hydrogens is 321 g/mol. The van der Waals surface area contributed by atoms with Gasteiger partial charge in [-0.2, -0.15) is 34.8 Å². The number of alkyl halides is 7. The molecule has 0 radical (unpaired) electrons. The van der Waals surface area contributed by atoms with Gasteiger partial charge in [0.25, 0.3) is 0 Å². The summed E-state index contributed by atoms with van der Waals surface area (Å²) in [5, 5.41) is -6.50. The number of unbranched alkanes of at least 4 members (excludes halogenated alkanes) is 2. The van der Waals surface area contributed by atoms with Gasteiger partial charge in [0.2, 0.25) is 0 Å². The van der Waals surface area contributed by atoms with Gasteiger partial charge in [0.15, 0.2) is 6.17 Å². The topological polar surface area (TPSA) is 54.4 Å². The summed E-state index contributed by atoms with van der Waals surface area (Å²) >= 11 is 0. The first-order chi connectivity index (χ1) is 8.73. The summed E-state index contributed by atoms with van der Waals surface area (Å²) in [5.74, 6) is -12.5. The quantitative estimate of drug-likeness (QED) is 0.419. The molecule has 0 aliphatic rings. The fraction of sp³-hybridized carbons (Fsp3) is 1.00. The molecule has 1 atom stereocenters. The van der Waals surface area contributed by atoms with E-state index in [-0.39, 0.29) is 12.8 Å². The van der Waals surface area contributed by atoms with Gasteiger partial charge in [-0.3, -0.25) is 4.55 Å². The molecule has 0 aromatic carbocycles. The Morgan fingerprint density at radius 3 is 1.85 bits per heavy atom. The van der Waals surface area contributed by atoms with E-state index in [1.807, 2.05) is 0 Å². The van der Waals surface area contributed by atoms with Gasteiger partial charge in [-0.15, -0.1) is 0 Å². The lowest BCUT2D eigenvalue weighted by Gasteiger charge is -2.32. The smallest absolute Gasteiger partial charge is 0.281 e. The second-order valence-corrected chi connectivity index (χ2v) is 5.62. The van der Waals surface area contributed by atoms with Crippen molar-refractivity contribution in [3.63, 3.8) is 0 Å². The SMILES string of the molecule is CCCCCC(F)C(F)(F)C(F)(F)C(F)(F)S(=O)(=O)O. The molecule has 0 fully saturated rings. The summed E-state index contributed by atoms with van der Waals surface area (Å²) < 4.78 is 119. The van der Waals surface area contributed by atoms with Crippen LogP contribution < -0.4 is 0 Å². The van der Waals surface area contributed by atoms with Crippen LogP contribution in [0.15, 0.2) is 0 Å². The monoisotopic (exact) mass is 334 g/mol. The van der Waals surface area contributed by atoms with E-state index in [1.54, 1.807) is 6.92 Å². The lowest BCUT2D eigenvalue weighted by Crippen LogP contribution is -2.61. The van der Waals surface area contributed by atoms with Crippen molar-refractivity contribution in [1.29, 1.82) is 0 Å². The summed E-state index contributed by atoms with van der Waals surface area (Å²) in [7, 11) is -6.83. The summed E-state index contributed by atoms with van der Waals surface area (Å²) in [6.07, 6.45) is -4.43. The Bertz CT molecular complexity index is 421. The standard InChI is InChI=1S/C9H13F7O3S/c1-2-3-4-5-6(10)7(11,12)8(13,14)9(15,16)20(17,18)19/h6H,2-5H2,1H3,(H,17,18,19). The molecule has 1 N–H and O–H groups in total. The molecule has 0 amide bonds. The summed E-state index contributed by atoms with van der Waals surface area (Å²) in [4.78, 5) is 0. The van der Waals surface area contributed by atoms with Crippen molar-refractivity contribution < 1.29 is 43.7 Å². The third-order valence-electron chi connectivity index (χ3n) is 2.56. The van der Waals surface area contributed by atoms with E-state index >= 15 is 0 Å². The van der Waals surface area contributed by atoms with Gasteiger partial charge in [0.05, 0.1) is 0 Å². The molecule has 0 rings (SSSR count). The Labute approximate surface area is 110 Å². The largest absolute Gasteiger partial charge is 0.438 e. The molecule has 0 bridgehead atoms. The van der Waals surface area contributed by atoms with Gasteiger partial charge >= 0.3 is 27.2 Å². The van der Waals surface area contributed by atoms with E-state index in [9.17, 15) is 39.2 Å². The molecule has 0 aliphatic carbocycles. The Kier molecular flexibility index (Phi) is 5.87. The van der Waals surface area contributed by atoms with Crippen LogP contribution in [0.4, 0.5) is 30.7 Å². The number of hydrogen-bond acceptors (Lipinski definition) is 2. The minimum Gasteiger partial charge on any atom is -0.281 e. The maximum atomic E-state index is 13.1. The molecule has 0 aromatic heterocycles. The maximum Gasteiger partial charge on any atom is 0.438 e. The highest BCUT2D eigenvalue weighted by Crippen LogP contribution is 2.50. The van der Waals surface area contributed by atoms with Gasteiger partial charge in [0.1, 0.15) is 0 Å². The van der Waals surface area contributed by atoms with Gasteiger partial charge < -0.3 is 0 Å². The fourth-order valence-electron chi connectivity index (χ4n) is 1.31. The van der Waals surface area contributed by atoms with Gasteiger partial charge in [0, 0.05) is 0 Å². The van der Waals surface area contributed by atoms with Crippen LogP contribution in [0, 0.1) is 0 Å². The van der Waals surface area contributed by atoms with Crippen LogP contribution in [0.1, 0.15) is 32.6 Å². The predicted octanol–water partition coefficient (Wildman–Crippen LogP) is 3.66. The molecule has 122 valence electrons. The van der Waals surface area contributed by atoms with Crippen molar-refractivity contribution >= 4 is 10.1 Å². The highest BCUT2D eigenvalue weighted by Gasteiger charge is 2.79. The normalized spacial score (nSPS) is 16.2. The number of halogens is 7. The fourth-order valence-corrected chi connectivity index (χ4v) is 1.77. The third-order valence-corrected chi connectivity index (χ3v) is 3.47. The molecule has 3 nitrogen and oxygen atoms in total. The van der Waals surface area contributed by atoms with Crippen LogP contribution in [0.25, 0.3) is 0 Å². The molecule has 20 heavy (non-hydrogen) atoms. The van der Waals surface area contributed by atoms with Crippen molar-refractivity contribution in [2.24, 2.45) is 0 Å². The van der Waals surface area contributed by atoms with Crippen molar-refractivity contribution in [3.05, 3.63) is 0 Å². The van der Waals surface area contributed by atoms with E-state index in [1.165, 1.54) is 0 Å². The third kappa shape index (κ3) is 3.35. The molecule has 0 heterocycles. The summed E-state index contributed by atoms with van der Waals surface area (Å²) in [6, 6.07) is 0. The van der Waals surface area contributed by atoms with Crippen LogP contribution in [-0.4, -0.2) is 36.2 Å². The second-order valence-electron chi connectivity index (χ2n) is 4.15. The van der Waals surface area contributed by atoms with Crippen LogP contribution in [-0.2, 0) is 10.1 Å². The van der Waals surface area contributed by atoms with E-state index in [0.29, 0.717) is 6.42 Å². The zero-order valence-electron chi connectivity index (χ0n) is 10.2. The lowest BCUT2D eigenvalue weighted by molar-refractivity contribution is -0.300. The Morgan fingerprint density at radius 1 is 1.05 bits per heavy atom. The van der Waals surface area contributed by atoms with Crippen LogP contribution >= 0.6 is 0 Å². The minimum atomic E-state index is -6.83. The van der Waals surface area contributed by atoms with Gasteiger partial charge in [-0.05, 0) is 6.42 Å². The lowest BCUT2D eigenvalue weighted by atomic mass is 10.0. The zero-order valence-corrected chi connectivity index (χ0v) is 11.0. The van der Waals surface area contributed by atoms with E-state index in [0.717, 1.165) is 0 Å². The highest BCUT2D eigenvalue weighted by atomic mass is 32.2. The first-order valence-corrected chi connectivity index (χ1v) is 6.92. The molecule has 0 saturated heterocycles. The van der Waals surface area contributed by atoms with Crippen molar-refractivity contribution in [2.45, 2.75) is 55.9 Å². The van der Waals surface area contributed by atoms with Crippen LogP contribution in [0.3, 0.4) is 0 Å². The van der Waals surface area contributed by atoms with Crippen molar-refractivity contribution in [2.75, 3.05) is 0 Å². The van der Waals surface area contributed by atoms with E-state index in [4.69, 9.17) is 4.55 Å². The average molecular weight is 334 g/mol. The molecular formula is C9H13F7O3S. The average Bonchev–Trinajstić information content (AvgIpc) is 2.27. The summed E-state index contributed by atoms with van der Waals surface area (Å²) in [6.45, 7) is 1.60. The molecule has 0 aliphatic heterocycles. The predicted molar refractivity (Wildman–Crippen MR) is 55.4 cm³/mol. The minimum absolute atomic E-state index is 0.205. The van der Waals surface area contributed by atoms with Gasteiger partial charge in [-0.1, -0.05) is 26.2 Å². The molecule has 1 unspecified atom stereocenters. The Morgan fingerprint density at radius 2 is 1.50 bits per heavy atom. The molecule has 0 spiro atoms. The maximum absolute atomic E-state index is 13.1. The van der Waals surface area contributed by atoms with Crippen molar-refractivity contribution in [3.8, 4) is 0 Å². The molecule has 0 saturated carbocycles. The first-order valence-electron chi connectivity index (χ1n) is 5.48. The zero-order chi connectivity index (χ0) is 16.4. The van der Waals surface area contributed by atoms with E-state index < -0.39 is 39.8 Å². The van der Waals surface area contributed by atoms with E-state index in [2.05, 4.69) is 0 Å². The Hall–Kier alpha value is -0.580.